The summed E-state index contributed by atoms with van der Waals surface area (Å²) in [6.45, 7) is 4.48. The first-order valence-electron chi connectivity index (χ1n) is 6.75. The lowest BCUT2D eigenvalue weighted by molar-refractivity contribution is -0.120. The maximum atomic E-state index is 11.8. The molecule has 0 radical (unpaired) electrons. The van der Waals surface area contributed by atoms with Crippen molar-refractivity contribution in [3.05, 3.63) is 47.6 Å². The van der Waals surface area contributed by atoms with E-state index in [-0.39, 0.29) is 5.91 Å². The quantitative estimate of drug-likeness (QED) is 0.875. The van der Waals surface area contributed by atoms with Crippen LogP contribution >= 0.6 is 0 Å². The topological polar surface area (TPSA) is 68.0 Å². The first kappa shape index (κ1) is 14.2. The SMILES string of the molecule is CC(C)Cc1nc(CNC(=O)Cc2ccccc2)no1. The molecular weight excluding hydrogens is 254 g/mol. The Kier molecular flexibility index (Phi) is 4.87. The van der Waals surface area contributed by atoms with Crippen LogP contribution < -0.4 is 5.32 Å². The van der Waals surface area contributed by atoms with Crippen LogP contribution in [0.15, 0.2) is 34.9 Å². The van der Waals surface area contributed by atoms with Crippen LogP contribution in [0.2, 0.25) is 0 Å². The first-order chi connectivity index (χ1) is 9.63. The zero-order chi connectivity index (χ0) is 14.4. The Morgan fingerprint density at radius 3 is 2.75 bits per heavy atom. The van der Waals surface area contributed by atoms with E-state index in [1.807, 2.05) is 30.3 Å². The van der Waals surface area contributed by atoms with Gasteiger partial charge in [0.1, 0.15) is 0 Å². The summed E-state index contributed by atoms with van der Waals surface area (Å²) in [5.41, 5.74) is 0.985. The average Bonchev–Trinajstić information content (AvgIpc) is 2.84. The number of nitrogens with zero attached hydrogens (tertiary/aromatic N) is 2. The first-order valence-corrected chi connectivity index (χ1v) is 6.75. The summed E-state index contributed by atoms with van der Waals surface area (Å²) in [6, 6.07) is 9.61. The molecule has 1 aromatic carbocycles. The molecule has 2 rings (SSSR count). The van der Waals surface area contributed by atoms with Crippen molar-refractivity contribution in [2.24, 2.45) is 5.92 Å². The van der Waals surface area contributed by atoms with Crippen molar-refractivity contribution in [3.63, 3.8) is 0 Å². The van der Waals surface area contributed by atoms with Crippen LogP contribution in [0.3, 0.4) is 0 Å². The van der Waals surface area contributed by atoms with Crippen molar-refractivity contribution in [2.75, 3.05) is 0 Å². The minimum absolute atomic E-state index is 0.0496. The van der Waals surface area contributed by atoms with E-state index >= 15 is 0 Å². The fourth-order valence-electron chi connectivity index (χ4n) is 1.82. The molecule has 1 aromatic heterocycles. The Morgan fingerprint density at radius 2 is 2.05 bits per heavy atom. The molecule has 20 heavy (non-hydrogen) atoms. The average molecular weight is 273 g/mol. The second-order valence-corrected chi connectivity index (χ2v) is 5.14. The summed E-state index contributed by atoms with van der Waals surface area (Å²) in [5.74, 6) is 1.55. The van der Waals surface area contributed by atoms with Crippen LogP contribution in [0.4, 0.5) is 0 Å². The van der Waals surface area contributed by atoms with Gasteiger partial charge in [-0.1, -0.05) is 49.3 Å². The van der Waals surface area contributed by atoms with Crippen LogP contribution in [0.5, 0.6) is 0 Å². The van der Waals surface area contributed by atoms with Crippen molar-refractivity contribution in [1.82, 2.24) is 15.5 Å². The molecule has 0 unspecified atom stereocenters. The van der Waals surface area contributed by atoms with E-state index in [4.69, 9.17) is 4.52 Å². The predicted octanol–water partition coefficient (Wildman–Crippen LogP) is 2.13. The maximum absolute atomic E-state index is 11.8. The Labute approximate surface area is 118 Å². The lowest BCUT2D eigenvalue weighted by Crippen LogP contribution is -2.25. The van der Waals surface area contributed by atoms with Crippen LogP contribution in [-0.2, 0) is 24.2 Å². The van der Waals surface area contributed by atoms with E-state index in [9.17, 15) is 4.79 Å². The molecule has 0 atom stereocenters. The molecule has 1 heterocycles. The molecule has 1 amide bonds. The molecule has 0 saturated heterocycles. The van der Waals surface area contributed by atoms with Gasteiger partial charge in [-0.05, 0) is 11.5 Å². The molecule has 0 aliphatic rings. The molecule has 5 nitrogen and oxygen atoms in total. The maximum Gasteiger partial charge on any atom is 0.226 e. The fraction of sp³-hybridized carbons (Fsp3) is 0.400. The highest BCUT2D eigenvalue weighted by atomic mass is 16.5. The molecule has 2 aromatic rings. The van der Waals surface area contributed by atoms with Crippen LogP contribution in [-0.4, -0.2) is 16.0 Å². The molecule has 0 aliphatic heterocycles. The number of aromatic nitrogens is 2. The van der Waals surface area contributed by atoms with Crippen molar-refractivity contribution in [1.29, 1.82) is 0 Å². The number of carbonyl (C=O) groups excluding carboxylic acids is 1. The molecular formula is C15H19N3O2. The highest BCUT2D eigenvalue weighted by Crippen LogP contribution is 2.05. The monoisotopic (exact) mass is 273 g/mol. The van der Waals surface area contributed by atoms with Crippen molar-refractivity contribution >= 4 is 5.91 Å². The lowest BCUT2D eigenvalue weighted by Gasteiger charge is -2.02. The number of carbonyl (C=O) groups is 1. The number of hydrogen-bond acceptors (Lipinski definition) is 4. The summed E-state index contributed by atoms with van der Waals surface area (Å²) in [4.78, 5) is 16.0. The van der Waals surface area contributed by atoms with E-state index in [2.05, 4.69) is 29.3 Å². The molecule has 5 heteroatoms. The Hall–Kier alpha value is -2.17. The summed E-state index contributed by atoms with van der Waals surface area (Å²) < 4.78 is 5.11. The van der Waals surface area contributed by atoms with E-state index in [1.54, 1.807) is 0 Å². The van der Waals surface area contributed by atoms with Crippen LogP contribution in [0.25, 0.3) is 0 Å². The summed E-state index contributed by atoms with van der Waals surface area (Å²) in [6.07, 6.45) is 1.11. The van der Waals surface area contributed by atoms with E-state index in [1.165, 1.54) is 0 Å². The Bertz CT molecular complexity index is 549. The smallest absolute Gasteiger partial charge is 0.226 e. The Balaban J connectivity index is 1.80. The van der Waals surface area contributed by atoms with Gasteiger partial charge in [0.2, 0.25) is 11.8 Å². The van der Waals surface area contributed by atoms with Crippen molar-refractivity contribution in [3.8, 4) is 0 Å². The second-order valence-electron chi connectivity index (χ2n) is 5.14. The number of benzene rings is 1. The van der Waals surface area contributed by atoms with Crippen LogP contribution in [0.1, 0.15) is 31.1 Å². The summed E-state index contributed by atoms with van der Waals surface area (Å²) in [7, 11) is 0. The van der Waals surface area contributed by atoms with E-state index < -0.39 is 0 Å². The highest BCUT2D eigenvalue weighted by molar-refractivity contribution is 5.78. The van der Waals surface area contributed by atoms with Gasteiger partial charge >= 0.3 is 0 Å². The van der Waals surface area contributed by atoms with Gasteiger partial charge in [-0.3, -0.25) is 4.79 Å². The van der Waals surface area contributed by atoms with Crippen molar-refractivity contribution in [2.45, 2.75) is 33.2 Å². The predicted molar refractivity (Wildman–Crippen MR) is 74.8 cm³/mol. The molecule has 106 valence electrons. The largest absolute Gasteiger partial charge is 0.348 e. The molecule has 0 fully saturated rings. The number of nitrogens with one attached hydrogen (secondary N) is 1. The summed E-state index contributed by atoms with van der Waals surface area (Å²) >= 11 is 0. The number of hydrogen-bond donors (Lipinski definition) is 1. The third kappa shape index (κ3) is 4.50. The van der Waals surface area contributed by atoms with Gasteiger partial charge in [0.05, 0.1) is 13.0 Å². The summed E-state index contributed by atoms with van der Waals surface area (Å²) in [5, 5.41) is 6.64. The van der Waals surface area contributed by atoms with Gasteiger partial charge < -0.3 is 9.84 Å². The molecule has 1 N–H and O–H groups in total. The second kappa shape index (κ2) is 6.84. The lowest BCUT2D eigenvalue weighted by atomic mass is 10.1. The molecule has 0 bridgehead atoms. The minimum Gasteiger partial charge on any atom is -0.348 e. The van der Waals surface area contributed by atoms with Gasteiger partial charge in [-0.15, -0.1) is 0 Å². The fourth-order valence-corrected chi connectivity index (χ4v) is 1.82. The highest BCUT2D eigenvalue weighted by Gasteiger charge is 2.09. The number of rotatable bonds is 6. The molecule has 0 aliphatic carbocycles. The zero-order valence-corrected chi connectivity index (χ0v) is 11.8. The van der Waals surface area contributed by atoms with Crippen molar-refractivity contribution < 1.29 is 9.32 Å². The van der Waals surface area contributed by atoms with E-state index in [0.717, 1.165) is 12.0 Å². The zero-order valence-electron chi connectivity index (χ0n) is 11.8. The Morgan fingerprint density at radius 1 is 1.30 bits per heavy atom. The van der Waals surface area contributed by atoms with Gasteiger partial charge in [0.25, 0.3) is 0 Å². The van der Waals surface area contributed by atoms with Gasteiger partial charge in [-0.25, -0.2) is 0 Å². The van der Waals surface area contributed by atoms with Crippen LogP contribution in [0, 0.1) is 5.92 Å². The molecule has 0 saturated carbocycles. The third-order valence-electron chi connectivity index (χ3n) is 2.74. The standard InChI is InChI=1S/C15H19N3O2/c1-11(2)8-15-17-13(18-20-15)10-16-14(19)9-12-6-4-3-5-7-12/h3-7,11H,8-10H2,1-2H3,(H,16,19). The number of amides is 1. The molecule has 0 spiro atoms. The van der Waals surface area contributed by atoms with Gasteiger partial charge in [0.15, 0.2) is 5.82 Å². The third-order valence-corrected chi connectivity index (χ3v) is 2.74. The van der Waals surface area contributed by atoms with E-state index in [0.29, 0.717) is 30.6 Å². The minimum atomic E-state index is -0.0496. The van der Waals surface area contributed by atoms with Gasteiger partial charge in [0, 0.05) is 6.42 Å². The normalized spacial score (nSPS) is 10.8. The van der Waals surface area contributed by atoms with Gasteiger partial charge in [-0.2, -0.15) is 4.98 Å².